The van der Waals surface area contributed by atoms with Gasteiger partial charge in [0.05, 0.1) is 37.3 Å². The zero-order chi connectivity index (χ0) is 23.9. The molecule has 0 bridgehead atoms. The van der Waals surface area contributed by atoms with Crippen molar-refractivity contribution in [1.82, 2.24) is 16.0 Å². The molecule has 4 aliphatic rings. The zero-order valence-electron chi connectivity index (χ0n) is 21.1. The number of esters is 1. The Balaban J connectivity index is 1.31. The number of hydrogen-bond donors (Lipinski definition) is 4. The fourth-order valence-corrected chi connectivity index (χ4v) is 6.60. The molecule has 0 spiro atoms. The van der Waals surface area contributed by atoms with Gasteiger partial charge < -0.3 is 14.6 Å². The van der Waals surface area contributed by atoms with Crippen molar-refractivity contribution in [2.24, 2.45) is 17.8 Å². The molecule has 1 heterocycles. The highest BCUT2D eigenvalue weighted by Crippen LogP contribution is 2.34. The molecule has 0 radical (unpaired) electrons. The molecule has 7 nitrogen and oxygen atoms in total. The van der Waals surface area contributed by atoms with E-state index in [0.29, 0.717) is 42.8 Å². The normalized spacial score (nSPS) is 36.2. The monoisotopic (exact) mass is 477 g/mol. The van der Waals surface area contributed by atoms with Crippen molar-refractivity contribution >= 4 is 5.97 Å². The first-order chi connectivity index (χ1) is 16.5. The van der Waals surface area contributed by atoms with Gasteiger partial charge in [-0.2, -0.15) is 0 Å². The minimum Gasteiger partial charge on any atom is -0.460 e. The van der Waals surface area contributed by atoms with Gasteiger partial charge in [-0.15, -0.1) is 0 Å². The highest BCUT2D eigenvalue weighted by atomic mass is 16.6. The van der Waals surface area contributed by atoms with Gasteiger partial charge in [0, 0.05) is 11.5 Å². The summed E-state index contributed by atoms with van der Waals surface area (Å²) in [7, 11) is 0. The third-order valence-electron chi connectivity index (χ3n) is 8.59. The minimum absolute atomic E-state index is 0.0137. The van der Waals surface area contributed by atoms with Crippen LogP contribution in [0, 0.1) is 17.8 Å². The largest absolute Gasteiger partial charge is 0.460 e. The fourth-order valence-electron chi connectivity index (χ4n) is 6.60. The molecule has 5 unspecified atom stereocenters. The summed E-state index contributed by atoms with van der Waals surface area (Å²) in [6.07, 6.45) is 16.2. The minimum atomic E-state index is -0.404. The molecule has 4 fully saturated rings. The number of ether oxygens (including phenoxy) is 2. The van der Waals surface area contributed by atoms with Gasteiger partial charge in [0.15, 0.2) is 0 Å². The molecule has 3 aliphatic carbocycles. The van der Waals surface area contributed by atoms with Crippen LogP contribution < -0.4 is 16.0 Å². The Bertz CT molecular complexity index is 636. The van der Waals surface area contributed by atoms with Gasteiger partial charge in [-0.3, -0.25) is 16.0 Å². The smallest absolute Gasteiger partial charge is 0.333 e. The Morgan fingerprint density at radius 3 is 1.91 bits per heavy atom. The average molecular weight is 478 g/mol. The van der Waals surface area contributed by atoms with Crippen LogP contribution in [0.3, 0.4) is 0 Å². The van der Waals surface area contributed by atoms with E-state index in [2.05, 4.69) is 22.5 Å². The maximum absolute atomic E-state index is 11.5. The Morgan fingerprint density at radius 2 is 1.38 bits per heavy atom. The molecule has 5 atom stereocenters. The predicted molar refractivity (Wildman–Crippen MR) is 133 cm³/mol. The van der Waals surface area contributed by atoms with Gasteiger partial charge in [0.25, 0.3) is 0 Å². The first kappa shape index (κ1) is 26.1. The van der Waals surface area contributed by atoms with E-state index in [1.54, 1.807) is 6.92 Å². The van der Waals surface area contributed by atoms with Crippen molar-refractivity contribution in [3.8, 4) is 0 Å². The third-order valence-corrected chi connectivity index (χ3v) is 8.59. The fraction of sp³-hybridized carbons (Fsp3) is 0.889. The van der Waals surface area contributed by atoms with Crippen molar-refractivity contribution in [3.05, 3.63) is 12.2 Å². The van der Waals surface area contributed by atoms with Crippen LogP contribution in [0.15, 0.2) is 12.2 Å². The number of hydrogen-bond acceptors (Lipinski definition) is 7. The summed E-state index contributed by atoms with van der Waals surface area (Å²) in [6.45, 7) is 5.82. The van der Waals surface area contributed by atoms with Crippen LogP contribution in [-0.4, -0.2) is 55.0 Å². The first-order valence-corrected chi connectivity index (χ1v) is 13.9. The summed E-state index contributed by atoms with van der Waals surface area (Å²) in [4.78, 5) is 11.5. The number of nitrogens with one attached hydrogen (secondary N) is 3. The Kier molecular flexibility index (Phi) is 9.83. The molecule has 0 aromatic heterocycles. The van der Waals surface area contributed by atoms with E-state index in [1.165, 1.54) is 64.2 Å². The van der Waals surface area contributed by atoms with Crippen LogP contribution in [0.5, 0.6) is 0 Å². The molecule has 7 heteroatoms. The summed E-state index contributed by atoms with van der Waals surface area (Å²) in [6, 6.07) is 0. The van der Waals surface area contributed by atoms with E-state index >= 15 is 0 Å². The summed E-state index contributed by atoms with van der Waals surface area (Å²) in [5.41, 5.74) is 0.399. The van der Waals surface area contributed by atoms with E-state index in [4.69, 9.17) is 9.47 Å². The van der Waals surface area contributed by atoms with Crippen LogP contribution in [0.4, 0.5) is 0 Å². The number of rotatable bonds is 8. The Hall–Kier alpha value is -0.990. The topological polar surface area (TPSA) is 91.9 Å². The third kappa shape index (κ3) is 7.03. The molecular formula is C27H47N3O4. The second-order valence-electron chi connectivity index (χ2n) is 11.2. The number of aliphatic hydroxyl groups is 1. The van der Waals surface area contributed by atoms with Crippen LogP contribution in [0.25, 0.3) is 0 Å². The highest BCUT2D eigenvalue weighted by Gasteiger charge is 2.42. The predicted octanol–water partition coefficient (Wildman–Crippen LogP) is 3.57. The maximum atomic E-state index is 11.5. The molecule has 3 saturated carbocycles. The summed E-state index contributed by atoms with van der Waals surface area (Å²) >= 11 is 0. The van der Waals surface area contributed by atoms with Crippen molar-refractivity contribution in [3.63, 3.8) is 0 Å². The van der Waals surface area contributed by atoms with Gasteiger partial charge >= 0.3 is 5.97 Å². The zero-order valence-corrected chi connectivity index (χ0v) is 21.1. The lowest BCUT2D eigenvalue weighted by Gasteiger charge is -2.50. The molecule has 4 N–H and O–H groups in total. The second-order valence-corrected chi connectivity index (χ2v) is 11.2. The number of carbonyl (C=O) groups excluding carboxylic acids is 1. The van der Waals surface area contributed by atoms with E-state index in [0.717, 1.165) is 12.8 Å². The lowest BCUT2D eigenvalue weighted by molar-refractivity contribution is -0.142. The van der Waals surface area contributed by atoms with Gasteiger partial charge in [-0.25, -0.2) is 4.79 Å². The Morgan fingerprint density at radius 1 is 0.824 bits per heavy atom. The molecule has 1 aliphatic heterocycles. The summed E-state index contributed by atoms with van der Waals surface area (Å²) in [5.74, 6) is 1.17. The van der Waals surface area contributed by atoms with E-state index in [9.17, 15) is 9.90 Å². The lowest BCUT2D eigenvalue weighted by Crippen LogP contribution is -2.73. The number of aliphatic hydroxyl groups excluding tert-OH is 1. The average Bonchev–Trinajstić information content (AvgIpc) is 2.87. The van der Waals surface area contributed by atoms with Crippen molar-refractivity contribution in [1.29, 1.82) is 0 Å². The Labute approximate surface area is 205 Å². The summed E-state index contributed by atoms with van der Waals surface area (Å²) < 4.78 is 11.1. The van der Waals surface area contributed by atoms with Gasteiger partial charge in [-0.1, -0.05) is 45.1 Å². The molecule has 0 amide bonds. The van der Waals surface area contributed by atoms with Crippen molar-refractivity contribution in [2.75, 3.05) is 13.2 Å². The molecule has 194 valence electrons. The number of carbonyl (C=O) groups is 1. The first-order valence-electron chi connectivity index (χ1n) is 13.9. The van der Waals surface area contributed by atoms with Gasteiger partial charge in [0.2, 0.25) is 0 Å². The van der Waals surface area contributed by atoms with E-state index in [1.807, 2.05) is 0 Å². The van der Waals surface area contributed by atoms with Crippen LogP contribution in [0.2, 0.25) is 0 Å². The van der Waals surface area contributed by atoms with Crippen LogP contribution in [-0.2, 0) is 14.3 Å². The molecule has 34 heavy (non-hydrogen) atoms. The van der Waals surface area contributed by atoms with Crippen molar-refractivity contribution in [2.45, 2.75) is 121 Å². The van der Waals surface area contributed by atoms with Crippen LogP contribution >= 0.6 is 0 Å². The molecule has 0 aromatic carbocycles. The standard InChI is InChI=1S/C27H47N3O4/c1-18(2)27(32)34-16-15-33-21-13-14-22(23(31)17-21)26-29-24(19-9-5-3-6-10-19)28-25(30-26)20-11-7-4-8-12-20/h19-26,28-31H,1,3-17H2,2H3. The quantitative estimate of drug-likeness (QED) is 0.241. The molecule has 4 rings (SSSR count). The van der Waals surface area contributed by atoms with Gasteiger partial charge in [0.1, 0.15) is 6.61 Å². The maximum Gasteiger partial charge on any atom is 0.333 e. The van der Waals surface area contributed by atoms with E-state index < -0.39 is 6.10 Å². The second kappa shape index (κ2) is 12.8. The van der Waals surface area contributed by atoms with Gasteiger partial charge in [-0.05, 0) is 63.7 Å². The van der Waals surface area contributed by atoms with Crippen LogP contribution in [0.1, 0.15) is 90.4 Å². The molecule has 0 aromatic rings. The van der Waals surface area contributed by atoms with E-state index in [-0.39, 0.29) is 30.8 Å². The SMILES string of the molecule is C=C(C)C(=O)OCCOC1CCC(C2NC(C3CCCCC3)NC(C3CCCCC3)N2)C(O)C1. The molecular weight excluding hydrogens is 430 g/mol. The lowest BCUT2D eigenvalue weighted by atomic mass is 9.79. The molecule has 1 saturated heterocycles. The van der Waals surface area contributed by atoms with Crippen molar-refractivity contribution < 1.29 is 19.4 Å². The summed E-state index contributed by atoms with van der Waals surface area (Å²) in [5, 5.41) is 22.9. The highest BCUT2D eigenvalue weighted by molar-refractivity contribution is 5.86.